The van der Waals surface area contributed by atoms with Gasteiger partial charge in [0.25, 0.3) is 11.7 Å². The van der Waals surface area contributed by atoms with Gasteiger partial charge >= 0.3 is 5.97 Å². The van der Waals surface area contributed by atoms with Crippen molar-refractivity contribution in [1.82, 2.24) is 24.5 Å². The first-order valence-corrected chi connectivity index (χ1v) is 7.83. The average molecular weight is 337 g/mol. The van der Waals surface area contributed by atoms with Crippen LogP contribution in [-0.4, -0.2) is 47.5 Å². The van der Waals surface area contributed by atoms with Crippen molar-refractivity contribution in [2.75, 3.05) is 0 Å². The van der Waals surface area contributed by atoms with E-state index in [4.69, 9.17) is 0 Å². The van der Waals surface area contributed by atoms with Crippen molar-refractivity contribution in [3.63, 3.8) is 0 Å². The molecule has 126 valence electrons. The van der Waals surface area contributed by atoms with Crippen LogP contribution in [0.4, 0.5) is 0 Å². The molecule has 3 heterocycles. The maximum atomic E-state index is 12.9. The first-order valence-electron chi connectivity index (χ1n) is 7.83. The fraction of sp³-hybridized carbons (Fsp3) is 0.235. The molecule has 1 N–H and O–H groups in total. The highest BCUT2D eigenvalue weighted by molar-refractivity contribution is 5.94. The van der Waals surface area contributed by atoms with Crippen LogP contribution in [0.5, 0.6) is 0 Å². The Kier molecular flexibility index (Phi) is 3.45. The second-order valence-corrected chi connectivity index (χ2v) is 5.99. The molecule has 4 rings (SSSR count). The lowest BCUT2D eigenvalue weighted by molar-refractivity contribution is -0.142. The number of carboxylic acid groups (broad SMARTS) is 1. The van der Waals surface area contributed by atoms with E-state index in [0.717, 1.165) is 16.8 Å². The maximum Gasteiger partial charge on any atom is 0.326 e. The van der Waals surface area contributed by atoms with Crippen molar-refractivity contribution in [1.29, 1.82) is 0 Å². The van der Waals surface area contributed by atoms with Crippen LogP contribution in [0.15, 0.2) is 36.5 Å². The summed E-state index contributed by atoms with van der Waals surface area (Å²) in [7, 11) is 0. The van der Waals surface area contributed by atoms with E-state index in [1.165, 1.54) is 9.42 Å². The van der Waals surface area contributed by atoms with Gasteiger partial charge in [0.05, 0.1) is 0 Å². The van der Waals surface area contributed by atoms with Crippen LogP contribution in [0.25, 0.3) is 5.78 Å². The largest absolute Gasteiger partial charge is 0.480 e. The molecule has 2 aromatic heterocycles. The van der Waals surface area contributed by atoms with Crippen molar-refractivity contribution in [2.24, 2.45) is 0 Å². The highest BCUT2D eigenvalue weighted by atomic mass is 16.4. The smallest absolute Gasteiger partial charge is 0.326 e. The highest BCUT2D eigenvalue weighted by Crippen LogP contribution is 2.24. The van der Waals surface area contributed by atoms with Gasteiger partial charge in [-0.2, -0.15) is 4.98 Å². The second kappa shape index (κ2) is 5.66. The number of aromatic nitrogens is 4. The normalized spacial score (nSPS) is 16.7. The minimum absolute atomic E-state index is 0.0487. The number of hydrogen-bond donors (Lipinski definition) is 1. The van der Waals surface area contributed by atoms with E-state index in [1.54, 1.807) is 12.3 Å². The summed E-state index contributed by atoms with van der Waals surface area (Å²) in [5.41, 5.74) is 2.67. The van der Waals surface area contributed by atoms with Gasteiger partial charge < -0.3 is 10.0 Å². The molecule has 1 aromatic carbocycles. The van der Waals surface area contributed by atoms with Gasteiger partial charge in [-0.25, -0.2) is 14.3 Å². The summed E-state index contributed by atoms with van der Waals surface area (Å²) in [5.74, 6) is -1.28. The molecule has 0 aliphatic carbocycles. The molecule has 3 aromatic rings. The number of aliphatic carboxylic acids is 1. The van der Waals surface area contributed by atoms with Gasteiger partial charge in [-0.3, -0.25) is 4.79 Å². The summed E-state index contributed by atoms with van der Waals surface area (Å²) in [6.45, 7) is 2.04. The third-order valence-corrected chi connectivity index (χ3v) is 4.42. The third-order valence-electron chi connectivity index (χ3n) is 4.42. The predicted molar refractivity (Wildman–Crippen MR) is 87.0 cm³/mol. The molecule has 1 unspecified atom stereocenters. The molecule has 0 radical (unpaired) electrons. The Hall–Kier alpha value is -3.29. The first-order chi connectivity index (χ1) is 12.0. The Morgan fingerprint density at radius 3 is 2.68 bits per heavy atom. The Morgan fingerprint density at radius 1 is 1.20 bits per heavy atom. The molecular formula is C17H15N5O3. The molecule has 1 aliphatic heterocycles. The van der Waals surface area contributed by atoms with Gasteiger partial charge in [0.1, 0.15) is 6.04 Å². The van der Waals surface area contributed by atoms with Gasteiger partial charge in [0.15, 0.2) is 0 Å². The zero-order chi connectivity index (χ0) is 17.6. The van der Waals surface area contributed by atoms with Crippen molar-refractivity contribution in [3.05, 3.63) is 59.2 Å². The molecule has 0 fully saturated rings. The summed E-state index contributed by atoms with van der Waals surface area (Å²) >= 11 is 0. The van der Waals surface area contributed by atoms with E-state index in [1.807, 2.05) is 31.2 Å². The van der Waals surface area contributed by atoms with Gasteiger partial charge in [-0.1, -0.05) is 24.3 Å². The molecule has 1 aliphatic rings. The van der Waals surface area contributed by atoms with Gasteiger partial charge in [0.2, 0.25) is 5.82 Å². The number of carbonyl (C=O) groups excluding carboxylic acids is 1. The summed E-state index contributed by atoms with van der Waals surface area (Å²) in [5, 5.41) is 13.8. The van der Waals surface area contributed by atoms with Crippen LogP contribution >= 0.6 is 0 Å². The topological polar surface area (TPSA) is 101 Å². The summed E-state index contributed by atoms with van der Waals surface area (Å²) in [4.78, 5) is 34.1. The van der Waals surface area contributed by atoms with E-state index in [9.17, 15) is 14.7 Å². The number of benzene rings is 1. The Labute approximate surface area is 142 Å². The highest BCUT2D eigenvalue weighted by Gasteiger charge is 2.36. The lowest BCUT2D eigenvalue weighted by Gasteiger charge is -2.33. The maximum absolute atomic E-state index is 12.9. The number of carboxylic acids is 1. The van der Waals surface area contributed by atoms with Crippen LogP contribution in [0.1, 0.15) is 27.4 Å². The molecular weight excluding hydrogens is 322 g/mol. The fourth-order valence-electron chi connectivity index (χ4n) is 3.08. The van der Waals surface area contributed by atoms with Crippen molar-refractivity contribution < 1.29 is 14.7 Å². The molecule has 25 heavy (non-hydrogen) atoms. The monoisotopic (exact) mass is 337 g/mol. The molecule has 0 bridgehead atoms. The van der Waals surface area contributed by atoms with Crippen LogP contribution in [0.3, 0.4) is 0 Å². The number of fused-ring (bicyclic) bond motifs is 2. The van der Waals surface area contributed by atoms with Crippen LogP contribution < -0.4 is 0 Å². The minimum atomic E-state index is -1.04. The van der Waals surface area contributed by atoms with Gasteiger partial charge in [0, 0.05) is 24.9 Å². The molecule has 1 atom stereocenters. The van der Waals surface area contributed by atoms with Crippen LogP contribution in [-0.2, 0) is 17.8 Å². The van der Waals surface area contributed by atoms with Crippen LogP contribution in [0.2, 0.25) is 0 Å². The van der Waals surface area contributed by atoms with Gasteiger partial charge in [-0.05, 0) is 24.1 Å². The Bertz CT molecular complexity index is 997. The van der Waals surface area contributed by atoms with E-state index in [-0.39, 0.29) is 18.8 Å². The minimum Gasteiger partial charge on any atom is -0.480 e. The van der Waals surface area contributed by atoms with Crippen molar-refractivity contribution in [2.45, 2.75) is 25.9 Å². The van der Waals surface area contributed by atoms with E-state index in [2.05, 4.69) is 15.1 Å². The third kappa shape index (κ3) is 2.51. The molecule has 8 nitrogen and oxygen atoms in total. The molecule has 0 spiro atoms. The second-order valence-electron chi connectivity index (χ2n) is 5.99. The van der Waals surface area contributed by atoms with Crippen molar-refractivity contribution >= 4 is 17.7 Å². The van der Waals surface area contributed by atoms with Crippen LogP contribution in [0, 0.1) is 6.92 Å². The van der Waals surface area contributed by atoms with E-state index in [0.29, 0.717) is 5.78 Å². The van der Waals surface area contributed by atoms with Gasteiger partial charge in [-0.15, -0.1) is 5.10 Å². The number of aryl methyl sites for hydroxylation is 1. The zero-order valence-corrected chi connectivity index (χ0v) is 13.5. The zero-order valence-electron chi connectivity index (χ0n) is 13.5. The number of amides is 1. The van der Waals surface area contributed by atoms with E-state index >= 15 is 0 Å². The molecule has 8 heteroatoms. The SMILES string of the molecule is Cc1ccnc2nc(C(=O)N3Cc4ccccc4CC3C(=O)O)nn12. The number of hydrogen-bond acceptors (Lipinski definition) is 5. The fourth-order valence-corrected chi connectivity index (χ4v) is 3.08. The molecule has 1 amide bonds. The lowest BCUT2D eigenvalue weighted by atomic mass is 9.94. The summed E-state index contributed by atoms with van der Waals surface area (Å²) in [6.07, 6.45) is 1.85. The Morgan fingerprint density at radius 2 is 1.96 bits per heavy atom. The number of rotatable bonds is 2. The number of carbonyl (C=O) groups is 2. The summed E-state index contributed by atoms with van der Waals surface area (Å²) < 4.78 is 1.47. The quantitative estimate of drug-likeness (QED) is 0.751. The van der Waals surface area contributed by atoms with E-state index < -0.39 is 17.9 Å². The average Bonchev–Trinajstić information content (AvgIpc) is 3.05. The summed E-state index contributed by atoms with van der Waals surface area (Å²) in [6, 6.07) is 8.35. The first kappa shape index (κ1) is 15.3. The molecule has 0 saturated heterocycles. The lowest BCUT2D eigenvalue weighted by Crippen LogP contribution is -2.49. The molecule has 0 saturated carbocycles. The number of nitrogens with zero attached hydrogens (tertiary/aromatic N) is 5. The van der Waals surface area contributed by atoms with Crippen molar-refractivity contribution in [3.8, 4) is 0 Å². The standard InChI is InChI=1S/C17H15N5O3/c1-10-6-7-18-17-19-14(20-22(10)17)15(23)21-9-12-5-3-2-4-11(12)8-13(21)16(24)25/h2-7,13H,8-9H2,1H3,(H,24,25). The predicted octanol–water partition coefficient (Wildman–Crippen LogP) is 1.08. The Balaban J connectivity index is 1.74.